The fourth-order valence-electron chi connectivity index (χ4n) is 3.73. The molecule has 5 aromatic rings. The van der Waals surface area contributed by atoms with E-state index in [0.29, 0.717) is 35.1 Å². The molecule has 0 radical (unpaired) electrons. The van der Waals surface area contributed by atoms with Gasteiger partial charge in [-0.05, 0) is 61.4 Å². The number of aromatic amines is 1. The zero-order chi connectivity index (χ0) is 23.5. The summed E-state index contributed by atoms with van der Waals surface area (Å²) in [6.45, 7) is 4.42. The van der Waals surface area contributed by atoms with Gasteiger partial charge in [-0.15, -0.1) is 0 Å². The van der Waals surface area contributed by atoms with E-state index in [1.54, 1.807) is 12.3 Å². The number of halogens is 1. The normalized spacial score (nSPS) is 11.2. The van der Waals surface area contributed by atoms with Gasteiger partial charge >= 0.3 is 0 Å². The molecule has 0 bridgehead atoms. The number of nitrogens with zero attached hydrogens (tertiary/aromatic N) is 2. The SMILES string of the molecule is CC(C)Oc1ccc(OCc2ccccc2)cc1-c1nc2cc(-c3cccc(F)c3)cnc2[nH]1. The molecule has 34 heavy (non-hydrogen) atoms. The monoisotopic (exact) mass is 453 g/mol. The van der Waals surface area contributed by atoms with Gasteiger partial charge in [-0.25, -0.2) is 14.4 Å². The van der Waals surface area contributed by atoms with Crippen molar-refractivity contribution in [3.63, 3.8) is 0 Å². The van der Waals surface area contributed by atoms with Crippen LogP contribution in [0.5, 0.6) is 11.5 Å². The number of hydrogen-bond donors (Lipinski definition) is 1. The van der Waals surface area contributed by atoms with E-state index in [4.69, 9.17) is 14.5 Å². The zero-order valence-corrected chi connectivity index (χ0v) is 19.0. The topological polar surface area (TPSA) is 60.0 Å². The van der Waals surface area contributed by atoms with Gasteiger partial charge in [0.1, 0.15) is 35.3 Å². The van der Waals surface area contributed by atoms with Crippen molar-refractivity contribution >= 4 is 11.2 Å². The summed E-state index contributed by atoms with van der Waals surface area (Å²) in [7, 11) is 0. The maximum Gasteiger partial charge on any atom is 0.157 e. The van der Waals surface area contributed by atoms with Crippen molar-refractivity contribution < 1.29 is 13.9 Å². The van der Waals surface area contributed by atoms with Gasteiger partial charge in [0.25, 0.3) is 0 Å². The van der Waals surface area contributed by atoms with Crippen molar-refractivity contribution in [2.24, 2.45) is 0 Å². The molecule has 0 atom stereocenters. The van der Waals surface area contributed by atoms with Crippen molar-refractivity contribution in [1.29, 1.82) is 0 Å². The van der Waals surface area contributed by atoms with E-state index in [-0.39, 0.29) is 11.9 Å². The van der Waals surface area contributed by atoms with Crippen LogP contribution in [-0.4, -0.2) is 21.1 Å². The molecule has 170 valence electrons. The van der Waals surface area contributed by atoms with Crippen molar-refractivity contribution in [2.45, 2.75) is 26.6 Å². The number of pyridine rings is 1. The highest BCUT2D eigenvalue weighted by Gasteiger charge is 2.15. The molecule has 5 rings (SSSR count). The average molecular weight is 454 g/mol. The van der Waals surface area contributed by atoms with Crippen molar-refractivity contribution in [2.75, 3.05) is 0 Å². The Hall–Kier alpha value is -4.19. The Morgan fingerprint density at radius 1 is 0.912 bits per heavy atom. The Balaban J connectivity index is 1.50. The number of H-pyrrole nitrogens is 1. The molecule has 0 amide bonds. The molecule has 0 fully saturated rings. The predicted octanol–water partition coefficient (Wildman–Crippen LogP) is 6.80. The van der Waals surface area contributed by atoms with E-state index in [2.05, 4.69) is 9.97 Å². The van der Waals surface area contributed by atoms with E-state index in [1.807, 2.05) is 74.5 Å². The van der Waals surface area contributed by atoms with Crippen LogP contribution in [0, 0.1) is 5.82 Å². The first-order valence-corrected chi connectivity index (χ1v) is 11.1. The maximum atomic E-state index is 13.7. The number of hydrogen-bond acceptors (Lipinski definition) is 4. The van der Waals surface area contributed by atoms with Gasteiger partial charge in [0, 0.05) is 11.8 Å². The third-order valence-electron chi connectivity index (χ3n) is 5.31. The third kappa shape index (κ3) is 4.76. The number of rotatable bonds is 7. The molecular formula is C28H24FN3O2. The van der Waals surface area contributed by atoms with Crippen molar-refractivity contribution in [3.8, 4) is 34.0 Å². The second kappa shape index (κ2) is 9.35. The van der Waals surface area contributed by atoms with Gasteiger partial charge in [0.15, 0.2) is 5.65 Å². The summed E-state index contributed by atoms with van der Waals surface area (Å²) in [6, 6.07) is 24.1. The average Bonchev–Trinajstić information content (AvgIpc) is 3.27. The summed E-state index contributed by atoms with van der Waals surface area (Å²) in [5.74, 6) is 1.75. The fourth-order valence-corrected chi connectivity index (χ4v) is 3.73. The van der Waals surface area contributed by atoms with Gasteiger partial charge in [-0.2, -0.15) is 0 Å². The lowest BCUT2D eigenvalue weighted by Gasteiger charge is -2.15. The summed E-state index contributed by atoms with van der Waals surface area (Å²) < 4.78 is 25.8. The van der Waals surface area contributed by atoms with Gasteiger partial charge in [-0.1, -0.05) is 42.5 Å². The summed E-state index contributed by atoms with van der Waals surface area (Å²) in [4.78, 5) is 12.6. The number of aromatic nitrogens is 3. The van der Waals surface area contributed by atoms with Crippen LogP contribution in [0.3, 0.4) is 0 Å². The van der Waals surface area contributed by atoms with Gasteiger partial charge in [0.2, 0.25) is 0 Å². The smallest absolute Gasteiger partial charge is 0.157 e. The largest absolute Gasteiger partial charge is 0.490 e. The zero-order valence-electron chi connectivity index (χ0n) is 19.0. The molecule has 2 heterocycles. The second-order valence-electron chi connectivity index (χ2n) is 8.29. The van der Waals surface area contributed by atoms with Crippen LogP contribution in [-0.2, 0) is 6.61 Å². The summed E-state index contributed by atoms with van der Waals surface area (Å²) >= 11 is 0. The molecule has 0 unspecified atom stereocenters. The van der Waals surface area contributed by atoms with E-state index in [9.17, 15) is 4.39 Å². The predicted molar refractivity (Wildman–Crippen MR) is 131 cm³/mol. The number of ether oxygens (including phenoxy) is 2. The highest BCUT2D eigenvalue weighted by atomic mass is 19.1. The summed E-state index contributed by atoms with van der Waals surface area (Å²) in [5, 5.41) is 0. The molecule has 0 spiro atoms. The van der Waals surface area contributed by atoms with Crippen LogP contribution < -0.4 is 9.47 Å². The molecule has 0 saturated heterocycles. The van der Waals surface area contributed by atoms with Crippen LogP contribution in [0.25, 0.3) is 33.7 Å². The van der Waals surface area contributed by atoms with Crippen LogP contribution >= 0.6 is 0 Å². The first-order chi connectivity index (χ1) is 16.5. The molecule has 0 saturated carbocycles. The Morgan fingerprint density at radius 2 is 1.76 bits per heavy atom. The van der Waals surface area contributed by atoms with Crippen LogP contribution in [0.1, 0.15) is 19.4 Å². The molecule has 0 aliphatic rings. The third-order valence-corrected chi connectivity index (χ3v) is 5.31. The van der Waals surface area contributed by atoms with Gasteiger partial charge < -0.3 is 14.5 Å². The van der Waals surface area contributed by atoms with E-state index >= 15 is 0 Å². The standard InChI is InChI=1S/C28H24FN3O2/c1-18(2)34-26-12-11-23(33-17-19-7-4-3-5-8-19)15-24(26)27-31-25-14-21(16-30-28(25)32-27)20-9-6-10-22(29)13-20/h3-16,18H,17H2,1-2H3,(H,30,31,32). The van der Waals surface area contributed by atoms with Crippen molar-refractivity contribution in [1.82, 2.24) is 15.0 Å². The molecule has 0 aliphatic heterocycles. The molecule has 3 aromatic carbocycles. The Labute approximate surface area is 197 Å². The minimum Gasteiger partial charge on any atom is -0.490 e. The van der Waals surface area contributed by atoms with Crippen LogP contribution in [0.15, 0.2) is 85.1 Å². The Morgan fingerprint density at radius 3 is 2.56 bits per heavy atom. The molecule has 1 N–H and O–H groups in total. The number of imidazole rings is 1. The maximum absolute atomic E-state index is 13.7. The van der Waals surface area contributed by atoms with E-state index in [0.717, 1.165) is 22.3 Å². The first-order valence-electron chi connectivity index (χ1n) is 11.1. The minimum absolute atomic E-state index is 0.00285. The number of benzene rings is 3. The fraction of sp³-hybridized carbons (Fsp3) is 0.143. The molecule has 0 aliphatic carbocycles. The quantitative estimate of drug-likeness (QED) is 0.294. The molecular weight excluding hydrogens is 429 g/mol. The Bertz CT molecular complexity index is 1430. The van der Waals surface area contributed by atoms with E-state index in [1.165, 1.54) is 12.1 Å². The van der Waals surface area contributed by atoms with E-state index < -0.39 is 0 Å². The molecule has 6 heteroatoms. The van der Waals surface area contributed by atoms with Gasteiger partial charge in [-0.3, -0.25) is 0 Å². The molecule has 2 aromatic heterocycles. The Kier molecular flexibility index (Phi) is 5.95. The number of nitrogens with one attached hydrogen (secondary N) is 1. The number of fused-ring (bicyclic) bond motifs is 1. The summed E-state index contributed by atoms with van der Waals surface area (Å²) in [6.07, 6.45) is 1.71. The molecule has 5 nitrogen and oxygen atoms in total. The first kappa shape index (κ1) is 21.6. The lowest BCUT2D eigenvalue weighted by Crippen LogP contribution is -2.07. The lowest BCUT2D eigenvalue weighted by atomic mass is 10.1. The van der Waals surface area contributed by atoms with Crippen LogP contribution in [0.4, 0.5) is 4.39 Å². The highest BCUT2D eigenvalue weighted by Crippen LogP contribution is 2.34. The van der Waals surface area contributed by atoms with Gasteiger partial charge in [0.05, 0.1) is 11.7 Å². The summed E-state index contributed by atoms with van der Waals surface area (Å²) in [5.41, 5.74) is 4.74. The van der Waals surface area contributed by atoms with Crippen molar-refractivity contribution in [3.05, 3.63) is 96.4 Å². The second-order valence-corrected chi connectivity index (χ2v) is 8.29. The highest BCUT2D eigenvalue weighted by molar-refractivity contribution is 5.82. The minimum atomic E-state index is -0.289. The lowest BCUT2D eigenvalue weighted by molar-refractivity contribution is 0.242. The van der Waals surface area contributed by atoms with Crippen LogP contribution in [0.2, 0.25) is 0 Å².